The van der Waals surface area contributed by atoms with Crippen molar-refractivity contribution in [1.29, 1.82) is 0 Å². The van der Waals surface area contributed by atoms with E-state index in [1.54, 1.807) is 6.20 Å². The van der Waals surface area contributed by atoms with E-state index in [1.807, 2.05) is 49.4 Å². The number of aryl methyl sites for hydroxylation is 1. The molecular formula is C15H13N3O. The largest absolute Gasteiger partial charge is 0.460 e. The minimum Gasteiger partial charge on any atom is -0.460 e. The quantitative estimate of drug-likeness (QED) is 0.759. The lowest BCUT2D eigenvalue weighted by Gasteiger charge is -2.06. The third-order valence-corrected chi connectivity index (χ3v) is 2.81. The molecule has 4 heteroatoms. The molecular weight excluding hydrogens is 238 g/mol. The Morgan fingerprint density at radius 3 is 2.47 bits per heavy atom. The summed E-state index contributed by atoms with van der Waals surface area (Å²) in [7, 11) is 0. The molecule has 0 amide bonds. The maximum Gasteiger partial charge on any atom is 0.154 e. The number of hydrogen-bond acceptors (Lipinski definition) is 4. The molecule has 2 aromatic heterocycles. The molecule has 0 saturated heterocycles. The fourth-order valence-electron chi connectivity index (χ4n) is 1.94. The zero-order valence-corrected chi connectivity index (χ0v) is 10.5. The topological polar surface area (TPSA) is 64.9 Å². The third kappa shape index (κ3) is 2.20. The van der Waals surface area contributed by atoms with Crippen molar-refractivity contribution in [3.63, 3.8) is 0 Å². The lowest BCUT2D eigenvalue weighted by Crippen LogP contribution is -1.97. The number of hydrogen-bond donors (Lipinski definition) is 1. The summed E-state index contributed by atoms with van der Waals surface area (Å²) in [6.07, 6.45) is 1.56. The Morgan fingerprint density at radius 1 is 1.00 bits per heavy atom. The third-order valence-electron chi connectivity index (χ3n) is 2.81. The van der Waals surface area contributed by atoms with Gasteiger partial charge in [0.15, 0.2) is 5.76 Å². The van der Waals surface area contributed by atoms with E-state index < -0.39 is 0 Å². The van der Waals surface area contributed by atoms with E-state index >= 15 is 0 Å². The second kappa shape index (κ2) is 4.57. The van der Waals surface area contributed by atoms with Gasteiger partial charge in [0.1, 0.15) is 17.3 Å². The fraction of sp³-hybridized carbons (Fsp3) is 0.0667. The Kier molecular flexibility index (Phi) is 2.76. The van der Waals surface area contributed by atoms with Crippen LogP contribution in [0.3, 0.4) is 0 Å². The monoisotopic (exact) mass is 251 g/mol. The highest BCUT2D eigenvalue weighted by molar-refractivity contribution is 5.76. The number of aromatic nitrogens is 2. The average molecular weight is 251 g/mol. The Balaban J connectivity index is 2.20. The first-order valence-electron chi connectivity index (χ1n) is 5.99. The van der Waals surface area contributed by atoms with Gasteiger partial charge in [0, 0.05) is 5.56 Å². The average Bonchev–Trinajstić information content (AvgIpc) is 2.86. The van der Waals surface area contributed by atoms with E-state index in [4.69, 9.17) is 10.2 Å². The van der Waals surface area contributed by atoms with Gasteiger partial charge < -0.3 is 10.2 Å². The molecule has 0 radical (unpaired) electrons. The Morgan fingerprint density at radius 2 is 1.79 bits per heavy atom. The Bertz CT molecular complexity index is 704. The van der Waals surface area contributed by atoms with Crippen molar-refractivity contribution in [2.75, 3.05) is 5.73 Å². The summed E-state index contributed by atoms with van der Waals surface area (Å²) in [5.41, 5.74) is 8.15. The summed E-state index contributed by atoms with van der Waals surface area (Å²) in [6.45, 7) is 1.89. The molecule has 2 N–H and O–H groups in total. The van der Waals surface area contributed by atoms with Gasteiger partial charge in [0.25, 0.3) is 0 Å². The molecule has 19 heavy (non-hydrogen) atoms. The van der Waals surface area contributed by atoms with Crippen LogP contribution in [0, 0.1) is 6.92 Å². The van der Waals surface area contributed by atoms with Gasteiger partial charge in [-0.3, -0.25) is 0 Å². The first kappa shape index (κ1) is 11.5. The number of anilines is 1. The molecule has 94 valence electrons. The predicted molar refractivity (Wildman–Crippen MR) is 74.3 cm³/mol. The van der Waals surface area contributed by atoms with Crippen LogP contribution in [0.15, 0.2) is 53.1 Å². The molecule has 0 saturated carbocycles. The van der Waals surface area contributed by atoms with E-state index in [9.17, 15) is 0 Å². The van der Waals surface area contributed by atoms with E-state index in [2.05, 4.69) is 9.97 Å². The molecule has 1 aromatic carbocycles. The normalized spacial score (nSPS) is 10.6. The molecule has 0 spiro atoms. The number of nitrogen functional groups attached to an aromatic ring is 1. The Labute approximate surface area is 110 Å². The van der Waals surface area contributed by atoms with Crippen molar-refractivity contribution in [3.05, 3.63) is 54.4 Å². The summed E-state index contributed by atoms with van der Waals surface area (Å²) < 4.78 is 5.63. The number of benzene rings is 1. The first-order chi connectivity index (χ1) is 9.24. The van der Waals surface area contributed by atoms with Crippen molar-refractivity contribution in [3.8, 4) is 22.7 Å². The molecule has 0 atom stereocenters. The van der Waals surface area contributed by atoms with Crippen LogP contribution in [0.1, 0.15) is 5.76 Å². The molecule has 0 aliphatic heterocycles. The maximum atomic E-state index is 5.73. The van der Waals surface area contributed by atoms with Crippen LogP contribution in [-0.2, 0) is 0 Å². The highest BCUT2D eigenvalue weighted by atomic mass is 16.3. The second-order valence-corrected chi connectivity index (χ2v) is 4.27. The summed E-state index contributed by atoms with van der Waals surface area (Å²) in [5, 5.41) is 0. The van der Waals surface area contributed by atoms with E-state index in [-0.39, 0.29) is 0 Å². The minimum absolute atomic E-state index is 0.378. The summed E-state index contributed by atoms with van der Waals surface area (Å²) in [5.74, 6) is 1.89. The minimum atomic E-state index is 0.378. The van der Waals surface area contributed by atoms with E-state index in [0.29, 0.717) is 17.3 Å². The molecule has 3 rings (SSSR count). The first-order valence-corrected chi connectivity index (χ1v) is 5.99. The number of nitrogens with zero attached hydrogens (tertiary/aromatic N) is 2. The SMILES string of the molecule is Cc1ccc(-c2nc(N)cnc2-c2ccccc2)o1. The van der Waals surface area contributed by atoms with Crippen LogP contribution in [0.5, 0.6) is 0 Å². The summed E-state index contributed by atoms with van der Waals surface area (Å²) in [4.78, 5) is 8.74. The van der Waals surface area contributed by atoms with Gasteiger partial charge in [-0.15, -0.1) is 0 Å². The molecule has 0 bridgehead atoms. The smallest absolute Gasteiger partial charge is 0.154 e. The molecule has 2 heterocycles. The lowest BCUT2D eigenvalue weighted by atomic mass is 10.1. The van der Waals surface area contributed by atoms with Crippen LogP contribution in [0.4, 0.5) is 5.82 Å². The van der Waals surface area contributed by atoms with Crippen LogP contribution < -0.4 is 5.73 Å². The highest BCUT2D eigenvalue weighted by Crippen LogP contribution is 2.30. The van der Waals surface area contributed by atoms with Crippen LogP contribution in [0.2, 0.25) is 0 Å². The van der Waals surface area contributed by atoms with E-state index in [0.717, 1.165) is 17.0 Å². The fourth-order valence-corrected chi connectivity index (χ4v) is 1.94. The van der Waals surface area contributed by atoms with Crippen molar-refractivity contribution in [1.82, 2.24) is 9.97 Å². The number of furan rings is 1. The number of rotatable bonds is 2. The van der Waals surface area contributed by atoms with Gasteiger partial charge >= 0.3 is 0 Å². The van der Waals surface area contributed by atoms with Gasteiger partial charge in [-0.2, -0.15) is 0 Å². The molecule has 0 aliphatic rings. The van der Waals surface area contributed by atoms with Crippen molar-refractivity contribution in [2.24, 2.45) is 0 Å². The zero-order valence-electron chi connectivity index (χ0n) is 10.5. The second-order valence-electron chi connectivity index (χ2n) is 4.27. The summed E-state index contributed by atoms with van der Waals surface area (Å²) in [6, 6.07) is 13.6. The Hall–Kier alpha value is -2.62. The van der Waals surface area contributed by atoms with Gasteiger partial charge in [-0.1, -0.05) is 30.3 Å². The summed E-state index contributed by atoms with van der Waals surface area (Å²) >= 11 is 0. The predicted octanol–water partition coefficient (Wildman–Crippen LogP) is 3.29. The van der Waals surface area contributed by atoms with Crippen molar-refractivity contribution < 1.29 is 4.42 Å². The molecule has 0 unspecified atom stereocenters. The lowest BCUT2D eigenvalue weighted by molar-refractivity contribution is 0.546. The standard InChI is InChI=1S/C15H13N3O/c1-10-7-8-12(19-10)15-14(17-9-13(16)18-15)11-5-3-2-4-6-11/h2-9H,1H3,(H2,16,18). The highest BCUT2D eigenvalue weighted by Gasteiger charge is 2.14. The van der Waals surface area contributed by atoms with Gasteiger partial charge in [-0.25, -0.2) is 9.97 Å². The molecule has 3 aromatic rings. The van der Waals surface area contributed by atoms with Gasteiger partial charge in [0.05, 0.1) is 11.9 Å². The van der Waals surface area contributed by atoms with Crippen molar-refractivity contribution in [2.45, 2.75) is 6.92 Å². The maximum absolute atomic E-state index is 5.73. The van der Waals surface area contributed by atoms with Crippen LogP contribution >= 0.6 is 0 Å². The van der Waals surface area contributed by atoms with E-state index in [1.165, 1.54) is 0 Å². The van der Waals surface area contributed by atoms with Crippen LogP contribution in [-0.4, -0.2) is 9.97 Å². The molecule has 4 nitrogen and oxygen atoms in total. The van der Waals surface area contributed by atoms with Crippen LogP contribution in [0.25, 0.3) is 22.7 Å². The molecule has 0 aliphatic carbocycles. The zero-order chi connectivity index (χ0) is 13.2. The van der Waals surface area contributed by atoms with Gasteiger partial charge in [-0.05, 0) is 19.1 Å². The van der Waals surface area contributed by atoms with Crippen molar-refractivity contribution >= 4 is 5.82 Å². The molecule has 0 fully saturated rings. The van der Waals surface area contributed by atoms with Gasteiger partial charge in [0.2, 0.25) is 0 Å². The number of nitrogens with two attached hydrogens (primary N) is 1.